The van der Waals surface area contributed by atoms with Crippen LogP contribution in [0.5, 0.6) is 0 Å². The van der Waals surface area contributed by atoms with Crippen molar-refractivity contribution in [2.24, 2.45) is 0 Å². The van der Waals surface area contributed by atoms with E-state index in [1.807, 2.05) is 74.5 Å². The van der Waals surface area contributed by atoms with Crippen LogP contribution in [0.1, 0.15) is 21.5 Å². The van der Waals surface area contributed by atoms with Crippen LogP contribution in [-0.2, 0) is 0 Å². The number of aryl methyl sites for hydroxylation is 2. The molecule has 0 radical (unpaired) electrons. The summed E-state index contributed by atoms with van der Waals surface area (Å²) in [4.78, 5) is 20.8. The summed E-state index contributed by atoms with van der Waals surface area (Å²) in [7, 11) is 0. The number of amides is 1. The molecule has 0 fully saturated rings. The summed E-state index contributed by atoms with van der Waals surface area (Å²) in [5.41, 5.74) is 6.24. The molecular weight excluding hydrogens is 322 g/mol. The molecule has 0 saturated heterocycles. The number of aromatic nitrogens is 2. The first kappa shape index (κ1) is 16.1. The van der Waals surface area contributed by atoms with Crippen molar-refractivity contribution < 1.29 is 4.79 Å². The molecule has 1 aromatic heterocycles. The Kier molecular flexibility index (Phi) is 4.01. The highest BCUT2D eigenvalue weighted by molar-refractivity contribution is 6.08. The van der Waals surface area contributed by atoms with Crippen molar-refractivity contribution in [3.8, 4) is 11.4 Å². The van der Waals surface area contributed by atoms with E-state index in [2.05, 4.69) is 21.4 Å². The average Bonchev–Trinajstić information content (AvgIpc) is 3.08. The molecule has 0 aliphatic carbocycles. The van der Waals surface area contributed by atoms with Crippen molar-refractivity contribution in [3.05, 3.63) is 83.4 Å². The first-order chi connectivity index (χ1) is 12.6. The van der Waals surface area contributed by atoms with Crippen molar-refractivity contribution in [1.29, 1.82) is 0 Å². The van der Waals surface area contributed by atoms with Crippen molar-refractivity contribution in [1.82, 2.24) is 9.97 Å². The largest absolute Gasteiger partial charge is 0.338 e. The third-order valence-electron chi connectivity index (χ3n) is 4.45. The van der Waals surface area contributed by atoms with E-state index >= 15 is 0 Å². The maximum absolute atomic E-state index is 12.9. The van der Waals surface area contributed by atoms with Gasteiger partial charge in [0.2, 0.25) is 0 Å². The van der Waals surface area contributed by atoms with E-state index in [0.29, 0.717) is 11.4 Å². The molecule has 0 aliphatic rings. The minimum Gasteiger partial charge on any atom is -0.338 e. The fourth-order valence-electron chi connectivity index (χ4n) is 3.11. The van der Waals surface area contributed by atoms with E-state index < -0.39 is 0 Å². The third-order valence-corrected chi connectivity index (χ3v) is 4.45. The van der Waals surface area contributed by atoms with Gasteiger partial charge in [-0.15, -0.1) is 0 Å². The number of imidazole rings is 1. The van der Waals surface area contributed by atoms with Gasteiger partial charge in [-0.2, -0.15) is 0 Å². The number of aromatic amines is 1. The number of anilines is 1. The Hall–Kier alpha value is -3.40. The lowest BCUT2D eigenvalue weighted by molar-refractivity contribution is 0.102. The van der Waals surface area contributed by atoms with Gasteiger partial charge in [-0.05, 0) is 43.7 Å². The van der Waals surface area contributed by atoms with Gasteiger partial charge < -0.3 is 10.3 Å². The molecule has 128 valence electrons. The van der Waals surface area contributed by atoms with Crippen LogP contribution in [0.4, 0.5) is 5.69 Å². The fourth-order valence-corrected chi connectivity index (χ4v) is 3.11. The zero-order chi connectivity index (χ0) is 18.1. The topological polar surface area (TPSA) is 57.8 Å². The number of nitrogens with one attached hydrogen (secondary N) is 2. The Morgan fingerprint density at radius 1 is 0.962 bits per heavy atom. The first-order valence-electron chi connectivity index (χ1n) is 8.54. The molecule has 3 aromatic carbocycles. The van der Waals surface area contributed by atoms with E-state index in [-0.39, 0.29) is 5.91 Å². The molecule has 4 rings (SSSR count). The van der Waals surface area contributed by atoms with Crippen LogP contribution in [0.15, 0.2) is 66.7 Å². The Morgan fingerprint density at radius 2 is 1.73 bits per heavy atom. The predicted molar refractivity (Wildman–Crippen MR) is 105 cm³/mol. The van der Waals surface area contributed by atoms with Crippen LogP contribution in [0.2, 0.25) is 0 Å². The van der Waals surface area contributed by atoms with Crippen LogP contribution in [-0.4, -0.2) is 15.9 Å². The van der Waals surface area contributed by atoms with Gasteiger partial charge >= 0.3 is 0 Å². The molecule has 2 N–H and O–H groups in total. The summed E-state index contributed by atoms with van der Waals surface area (Å²) in [6, 6.07) is 21.3. The normalized spacial score (nSPS) is 10.8. The van der Waals surface area contributed by atoms with Crippen molar-refractivity contribution in [2.75, 3.05) is 5.32 Å². The van der Waals surface area contributed by atoms with Gasteiger partial charge in [0.1, 0.15) is 5.82 Å². The molecule has 26 heavy (non-hydrogen) atoms. The van der Waals surface area contributed by atoms with E-state index in [1.165, 1.54) is 5.56 Å². The summed E-state index contributed by atoms with van der Waals surface area (Å²) >= 11 is 0. The number of benzene rings is 3. The molecule has 1 heterocycles. The maximum Gasteiger partial charge on any atom is 0.256 e. The summed E-state index contributed by atoms with van der Waals surface area (Å²) in [5.74, 6) is 0.547. The Bertz CT molecular complexity index is 1080. The van der Waals surface area contributed by atoms with E-state index in [0.717, 1.165) is 27.8 Å². The van der Waals surface area contributed by atoms with Gasteiger partial charge in [-0.1, -0.05) is 48.0 Å². The lowest BCUT2D eigenvalue weighted by Gasteiger charge is -2.11. The molecule has 0 bridgehead atoms. The van der Waals surface area contributed by atoms with E-state index in [9.17, 15) is 4.79 Å². The van der Waals surface area contributed by atoms with Crippen molar-refractivity contribution in [2.45, 2.75) is 13.8 Å². The van der Waals surface area contributed by atoms with Crippen molar-refractivity contribution in [3.63, 3.8) is 0 Å². The minimum atomic E-state index is -0.145. The number of H-pyrrole nitrogens is 1. The third kappa shape index (κ3) is 2.97. The molecule has 0 aliphatic heterocycles. The molecular formula is C22H19N3O. The van der Waals surface area contributed by atoms with Crippen LogP contribution in [0, 0.1) is 13.8 Å². The standard InChI is InChI=1S/C22H19N3O/c1-14-11-12-18(15(2)13-14)25-22(26)17-8-4-3-7-16(17)21-23-19-9-5-6-10-20(19)24-21/h3-13H,1-2H3,(H,23,24)(H,25,26). The van der Waals surface area contributed by atoms with Gasteiger partial charge in [-0.3, -0.25) is 4.79 Å². The second kappa shape index (κ2) is 6.48. The fraction of sp³-hybridized carbons (Fsp3) is 0.0909. The van der Waals surface area contributed by atoms with Crippen LogP contribution in [0.25, 0.3) is 22.4 Å². The SMILES string of the molecule is Cc1ccc(NC(=O)c2ccccc2-c2nc3ccccc3[nH]2)c(C)c1. The highest BCUT2D eigenvalue weighted by atomic mass is 16.1. The van der Waals surface area contributed by atoms with Crippen LogP contribution in [0.3, 0.4) is 0 Å². The molecule has 0 spiro atoms. The summed E-state index contributed by atoms with van der Waals surface area (Å²) < 4.78 is 0. The minimum absolute atomic E-state index is 0.145. The van der Waals surface area contributed by atoms with Gasteiger partial charge in [0, 0.05) is 11.3 Å². The van der Waals surface area contributed by atoms with Crippen LogP contribution < -0.4 is 5.32 Å². The molecule has 4 nitrogen and oxygen atoms in total. The summed E-state index contributed by atoms with van der Waals surface area (Å²) in [6.45, 7) is 4.03. The summed E-state index contributed by atoms with van der Waals surface area (Å²) in [5, 5.41) is 3.02. The number of nitrogens with zero attached hydrogens (tertiary/aromatic N) is 1. The number of fused-ring (bicyclic) bond motifs is 1. The number of rotatable bonds is 3. The molecule has 0 saturated carbocycles. The zero-order valence-electron chi connectivity index (χ0n) is 14.7. The smallest absolute Gasteiger partial charge is 0.256 e. The number of hydrogen-bond donors (Lipinski definition) is 2. The molecule has 4 heteroatoms. The van der Waals surface area contributed by atoms with Gasteiger partial charge in [-0.25, -0.2) is 4.98 Å². The quantitative estimate of drug-likeness (QED) is 0.545. The van der Waals surface area contributed by atoms with Gasteiger partial charge in [0.15, 0.2) is 0 Å². The first-order valence-corrected chi connectivity index (χ1v) is 8.54. The van der Waals surface area contributed by atoms with E-state index in [4.69, 9.17) is 0 Å². The maximum atomic E-state index is 12.9. The Morgan fingerprint density at radius 3 is 2.54 bits per heavy atom. The number of carbonyl (C=O) groups is 1. The highest BCUT2D eigenvalue weighted by Crippen LogP contribution is 2.25. The number of hydrogen-bond acceptors (Lipinski definition) is 2. The molecule has 0 atom stereocenters. The second-order valence-corrected chi connectivity index (χ2v) is 6.42. The van der Waals surface area contributed by atoms with Gasteiger partial charge in [0.05, 0.1) is 16.6 Å². The highest BCUT2D eigenvalue weighted by Gasteiger charge is 2.16. The average molecular weight is 341 g/mol. The zero-order valence-corrected chi connectivity index (χ0v) is 14.7. The van der Waals surface area contributed by atoms with E-state index in [1.54, 1.807) is 0 Å². The molecule has 1 amide bonds. The lowest BCUT2D eigenvalue weighted by atomic mass is 10.1. The second-order valence-electron chi connectivity index (χ2n) is 6.42. The lowest BCUT2D eigenvalue weighted by Crippen LogP contribution is -2.14. The summed E-state index contributed by atoms with van der Waals surface area (Å²) in [6.07, 6.45) is 0. The van der Waals surface area contributed by atoms with Gasteiger partial charge in [0.25, 0.3) is 5.91 Å². The Labute approximate surface area is 151 Å². The molecule has 4 aromatic rings. The predicted octanol–water partition coefficient (Wildman–Crippen LogP) is 5.10. The van der Waals surface area contributed by atoms with Crippen LogP contribution >= 0.6 is 0 Å². The van der Waals surface area contributed by atoms with Crippen molar-refractivity contribution >= 4 is 22.6 Å². The monoisotopic (exact) mass is 341 g/mol. The Balaban J connectivity index is 1.72. The number of carbonyl (C=O) groups excluding carboxylic acids is 1. The number of para-hydroxylation sites is 2. The molecule has 0 unspecified atom stereocenters.